The van der Waals surface area contributed by atoms with Crippen molar-refractivity contribution in [3.05, 3.63) is 34.2 Å². The van der Waals surface area contributed by atoms with E-state index < -0.39 is 0 Å². The minimum atomic E-state index is -0.227. The van der Waals surface area contributed by atoms with E-state index in [-0.39, 0.29) is 18.2 Å². The number of hydrogen-bond acceptors (Lipinski definition) is 5. The van der Waals surface area contributed by atoms with E-state index in [0.717, 1.165) is 10.5 Å². The van der Waals surface area contributed by atoms with E-state index >= 15 is 0 Å². The number of benzene rings is 1. The summed E-state index contributed by atoms with van der Waals surface area (Å²) in [5.41, 5.74) is 6.97. The average molecular weight is 289 g/mol. The van der Waals surface area contributed by atoms with Gasteiger partial charge in [-0.1, -0.05) is 0 Å². The maximum absolute atomic E-state index is 11.7. The molecule has 0 radical (unpaired) electrons. The van der Waals surface area contributed by atoms with E-state index in [1.165, 1.54) is 11.8 Å². The summed E-state index contributed by atoms with van der Waals surface area (Å²) < 4.78 is 1.59. The first-order valence-electron chi connectivity index (χ1n) is 6.13. The summed E-state index contributed by atoms with van der Waals surface area (Å²) in [5.74, 6) is 0. The highest BCUT2D eigenvalue weighted by molar-refractivity contribution is 7.99. The highest BCUT2D eigenvalue weighted by atomic mass is 32.2. The predicted octanol–water partition coefficient (Wildman–Crippen LogP) is 1.95. The second-order valence-electron chi connectivity index (χ2n) is 4.57. The SMILES string of the molecule is CC(C)n1c(Sc2ccc(N)c(CC#N)c2)n[nH]c1=O. The van der Waals surface area contributed by atoms with E-state index in [9.17, 15) is 4.79 Å². The smallest absolute Gasteiger partial charge is 0.344 e. The summed E-state index contributed by atoms with van der Waals surface area (Å²) in [7, 11) is 0. The zero-order chi connectivity index (χ0) is 14.7. The maximum Gasteiger partial charge on any atom is 0.344 e. The first-order chi connectivity index (χ1) is 9.52. The van der Waals surface area contributed by atoms with Crippen LogP contribution in [0.5, 0.6) is 0 Å². The molecule has 104 valence electrons. The van der Waals surface area contributed by atoms with E-state index in [0.29, 0.717) is 10.8 Å². The van der Waals surface area contributed by atoms with Gasteiger partial charge in [0.05, 0.1) is 12.5 Å². The van der Waals surface area contributed by atoms with Crippen LogP contribution in [0, 0.1) is 11.3 Å². The fraction of sp³-hybridized carbons (Fsp3) is 0.308. The molecule has 20 heavy (non-hydrogen) atoms. The Bertz CT molecular complexity index is 710. The number of aromatic amines is 1. The summed E-state index contributed by atoms with van der Waals surface area (Å²) in [6.07, 6.45) is 0.262. The van der Waals surface area contributed by atoms with Crippen LogP contribution in [-0.4, -0.2) is 14.8 Å². The van der Waals surface area contributed by atoms with Crippen LogP contribution in [0.3, 0.4) is 0 Å². The molecule has 7 heteroatoms. The minimum Gasteiger partial charge on any atom is -0.398 e. The van der Waals surface area contributed by atoms with Gasteiger partial charge in [-0.15, -0.1) is 5.10 Å². The molecule has 0 amide bonds. The Labute approximate surface area is 120 Å². The van der Waals surface area contributed by atoms with Crippen LogP contribution >= 0.6 is 11.8 Å². The van der Waals surface area contributed by atoms with Gasteiger partial charge in [0.1, 0.15) is 0 Å². The Hall–Kier alpha value is -2.20. The molecule has 0 unspecified atom stereocenters. The Balaban J connectivity index is 2.34. The fourth-order valence-electron chi connectivity index (χ4n) is 1.81. The number of nitriles is 1. The molecule has 1 heterocycles. The molecule has 3 N–H and O–H groups in total. The van der Waals surface area contributed by atoms with Gasteiger partial charge in [0.15, 0.2) is 5.16 Å². The van der Waals surface area contributed by atoms with Crippen LogP contribution < -0.4 is 11.4 Å². The Morgan fingerprint density at radius 1 is 1.55 bits per heavy atom. The number of H-pyrrole nitrogens is 1. The van der Waals surface area contributed by atoms with Gasteiger partial charge in [0.2, 0.25) is 0 Å². The summed E-state index contributed by atoms with van der Waals surface area (Å²) in [5, 5.41) is 15.8. The predicted molar refractivity (Wildman–Crippen MR) is 77.5 cm³/mol. The molecule has 2 aromatic rings. The zero-order valence-corrected chi connectivity index (χ0v) is 12.1. The molecule has 0 saturated heterocycles. The number of anilines is 1. The van der Waals surface area contributed by atoms with E-state index in [2.05, 4.69) is 16.3 Å². The quantitative estimate of drug-likeness (QED) is 0.838. The second-order valence-corrected chi connectivity index (χ2v) is 5.61. The third-order valence-electron chi connectivity index (χ3n) is 2.78. The molecule has 0 saturated carbocycles. The van der Waals surface area contributed by atoms with Gasteiger partial charge in [-0.3, -0.25) is 4.57 Å². The van der Waals surface area contributed by atoms with Crippen LogP contribution in [-0.2, 0) is 6.42 Å². The first kappa shape index (κ1) is 14.2. The van der Waals surface area contributed by atoms with Crippen molar-refractivity contribution in [1.29, 1.82) is 5.26 Å². The third kappa shape index (κ3) is 2.86. The molecule has 0 atom stereocenters. The number of nitrogen functional groups attached to an aromatic ring is 1. The highest BCUT2D eigenvalue weighted by Crippen LogP contribution is 2.29. The lowest BCUT2D eigenvalue weighted by Gasteiger charge is -2.09. The number of rotatable bonds is 4. The minimum absolute atomic E-state index is 0.0242. The lowest BCUT2D eigenvalue weighted by Crippen LogP contribution is -2.19. The highest BCUT2D eigenvalue weighted by Gasteiger charge is 2.13. The normalized spacial score (nSPS) is 10.7. The van der Waals surface area contributed by atoms with Gasteiger partial charge >= 0.3 is 5.69 Å². The molecule has 0 aliphatic rings. The average Bonchev–Trinajstić information content (AvgIpc) is 2.75. The van der Waals surface area contributed by atoms with E-state index in [1.54, 1.807) is 10.6 Å². The zero-order valence-electron chi connectivity index (χ0n) is 11.3. The van der Waals surface area contributed by atoms with Crippen molar-refractivity contribution < 1.29 is 0 Å². The van der Waals surface area contributed by atoms with Crippen LogP contribution in [0.4, 0.5) is 5.69 Å². The van der Waals surface area contributed by atoms with Crippen molar-refractivity contribution in [2.45, 2.75) is 36.4 Å². The van der Waals surface area contributed by atoms with Gasteiger partial charge in [-0.25, -0.2) is 9.89 Å². The molecular formula is C13H15N5OS. The number of nitrogens with one attached hydrogen (secondary N) is 1. The molecule has 6 nitrogen and oxygen atoms in total. The van der Waals surface area contributed by atoms with Gasteiger partial charge < -0.3 is 5.73 Å². The van der Waals surface area contributed by atoms with Crippen LogP contribution in [0.2, 0.25) is 0 Å². The van der Waals surface area contributed by atoms with Crippen molar-refractivity contribution in [2.24, 2.45) is 0 Å². The number of aromatic nitrogens is 3. The lowest BCUT2D eigenvalue weighted by molar-refractivity contribution is 0.534. The summed E-state index contributed by atoms with van der Waals surface area (Å²) in [6, 6.07) is 7.58. The molecule has 0 bridgehead atoms. The molecule has 0 spiro atoms. The van der Waals surface area contributed by atoms with E-state index in [1.807, 2.05) is 26.0 Å². The molecule has 0 aliphatic carbocycles. The Kier molecular flexibility index (Phi) is 4.15. The molecular weight excluding hydrogens is 274 g/mol. The Morgan fingerprint density at radius 3 is 2.95 bits per heavy atom. The third-order valence-corrected chi connectivity index (χ3v) is 3.74. The second kappa shape index (κ2) is 5.84. The summed E-state index contributed by atoms with van der Waals surface area (Å²) in [4.78, 5) is 12.6. The van der Waals surface area contributed by atoms with Crippen LogP contribution in [0.25, 0.3) is 0 Å². The monoisotopic (exact) mass is 289 g/mol. The number of nitrogens with zero attached hydrogens (tertiary/aromatic N) is 3. The molecule has 1 aromatic carbocycles. The van der Waals surface area contributed by atoms with Crippen molar-refractivity contribution in [2.75, 3.05) is 5.73 Å². The largest absolute Gasteiger partial charge is 0.398 e. The maximum atomic E-state index is 11.7. The molecule has 2 rings (SSSR count). The lowest BCUT2D eigenvalue weighted by atomic mass is 10.1. The molecule has 0 aliphatic heterocycles. The van der Waals surface area contributed by atoms with Crippen molar-refractivity contribution in [1.82, 2.24) is 14.8 Å². The van der Waals surface area contributed by atoms with Crippen LogP contribution in [0.1, 0.15) is 25.5 Å². The van der Waals surface area contributed by atoms with Gasteiger partial charge in [0.25, 0.3) is 0 Å². The van der Waals surface area contributed by atoms with Crippen molar-refractivity contribution in [3.8, 4) is 6.07 Å². The van der Waals surface area contributed by atoms with Gasteiger partial charge in [-0.2, -0.15) is 5.26 Å². The standard InChI is InChI=1S/C13H15N5OS/c1-8(2)18-12(19)16-17-13(18)20-10-3-4-11(15)9(7-10)5-6-14/h3-4,7-8H,5,15H2,1-2H3,(H,16,19). The van der Waals surface area contributed by atoms with Gasteiger partial charge in [-0.05, 0) is 49.4 Å². The first-order valence-corrected chi connectivity index (χ1v) is 6.94. The van der Waals surface area contributed by atoms with Crippen LogP contribution in [0.15, 0.2) is 33.0 Å². The Morgan fingerprint density at radius 2 is 2.30 bits per heavy atom. The number of nitrogens with two attached hydrogens (primary N) is 1. The molecule has 1 aromatic heterocycles. The van der Waals surface area contributed by atoms with E-state index in [4.69, 9.17) is 11.0 Å². The molecule has 0 fully saturated rings. The topological polar surface area (TPSA) is 100 Å². The van der Waals surface area contributed by atoms with Gasteiger partial charge in [0, 0.05) is 16.6 Å². The van der Waals surface area contributed by atoms with Crippen molar-refractivity contribution in [3.63, 3.8) is 0 Å². The van der Waals surface area contributed by atoms with Crippen molar-refractivity contribution >= 4 is 17.4 Å². The number of hydrogen-bond donors (Lipinski definition) is 2. The summed E-state index contributed by atoms with van der Waals surface area (Å²) >= 11 is 1.37. The summed E-state index contributed by atoms with van der Waals surface area (Å²) in [6.45, 7) is 3.84. The fourth-order valence-corrected chi connectivity index (χ4v) is 2.84.